The third kappa shape index (κ3) is 15.3. The van der Waals surface area contributed by atoms with Crippen LogP contribution in [0.3, 0.4) is 0 Å². The number of anilines is 1. The normalized spacial score (nSPS) is 15.7. The van der Waals surface area contributed by atoms with Gasteiger partial charge in [0.1, 0.15) is 18.2 Å². The van der Waals surface area contributed by atoms with Crippen molar-refractivity contribution in [2.45, 2.75) is 148 Å². The van der Waals surface area contributed by atoms with E-state index in [1.54, 1.807) is 6.33 Å². The Hall–Kier alpha value is -1.58. The van der Waals surface area contributed by atoms with Gasteiger partial charge in [-0.3, -0.25) is 4.57 Å². The average Bonchev–Trinajstić information content (AvgIpc) is 3.71. The Balaban J connectivity index is 1.16. The van der Waals surface area contributed by atoms with Crippen LogP contribution in [-0.2, 0) is 29.6 Å². The van der Waals surface area contributed by atoms with Crippen molar-refractivity contribution in [3.05, 3.63) is 12.7 Å². The standard InChI is InChI=1S/C32H58N5O5P/c1-3-4-5-6-7-8-9-10-11-12-13-14-15-16-17-18-21-39-22-23-41-43(38,42-29-19-20-29)27-40-28(2)24-37-26-36-30-31(33)34-25-35-32(30)37/h25-26,28-29H,3-24,27H2,1-2H3,(H2,33,34,35)/t28-,43?/m1/s1. The molecule has 43 heavy (non-hydrogen) atoms. The summed E-state index contributed by atoms with van der Waals surface area (Å²) in [6.07, 6.45) is 26.2. The molecule has 0 spiro atoms. The highest BCUT2D eigenvalue weighted by Crippen LogP contribution is 2.53. The molecule has 0 radical (unpaired) electrons. The third-order valence-corrected chi connectivity index (χ3v) is 9.55. The summed E-state index contributed by atoms with van der Waals surface area (Å²) in [5.41, 5.74) is 7.07. The van der Waals surface area contributed by atoms with Gasteiger partial charge >= 0.3 is 7.60 Å². The zero-order valence-corrected chi connectivity index (χ0v) is 27.8. The maximum absolute atomic E-state index is 13.3. The molecule has 2 aromatic rings. The molecule has 1 saturated carbocycles. The van der Waals surface area contributed by atoms with E-state index in [4.69, 9.17) is 24.3 Å². The van der Waals surface area contributed by atoms with Crippen LogP contribution in [0, 0.1) is 0 Å². The van der Waals surface area contributed by atoms with Gasteiger partial charge in [0.15, 0.2) is 11.5 Å². The van der Waals surface area contributed by atoms with Gasteiger partial charge in [0.25, 0.3) is 0 Å². The van der Waals surface area contributed by atoms with Crippen LogP contribution < -0.4 is 5.73 Å². The molecular weight excluding hydrogens is 565 g/mol. The minimum atomic E-state index is -3.38. The second-order valence-corrected chi connectivity index (χ2v) is 14.0. The van der Waals surface area contributed by atoms with Crippen LogP contribution in [-0.4, -0.2) is 57.9 Å². The zero-order valence-electron chi connectivity index (χ0n) is 26.9. The van der Waals surface area contributed by atoms with Crippen molar-refractivity contribution >= 4 is 24.6 Å². The number of nitrogens with two attached hydrogens (primary N) is 1. The second-order valence-electron chi connectivity index (χ2n) is 12.1. The van der Waals surface area contributed by atoms with Crippen molar-refractivity contribution in [3.63, 3.8) is 0 Å². The van der Waals surface area contributed by atoms with E-state index in [0.717, 1.165) is 19.3 Å². The molecule has 2 atom stereocenters. The maximum atomic E-state index is 13.3. The first-order valence-electron chi connectivity index (χ1n) is 17.0. The van der Waals surface area contributed by atoms with Gasteiger partial charge in [-0.15, -0.1) is 0 Å². The average molecular weight is 624 g/mol. The Morgan fingerprint density at radius 1 is 0.860 bits per heavy atom. The second kappa shape index (κ2) is 21.2. The van der Waals surface area contributed by atoms with Crippen molar-refractivity contribution < 1.29 is 23.1 Å². The van der Waals surface area contributed by atoms with Crippen LogP contribution in [0.5, 0.6) is 0 Å². The van der Waals surface area contributed by atoms with E-state index in [0.29, 0.717) is 36.7 Å². The summed E-state index contributed by atoms with van der Waals surface area (Å²) < 4.78 is 38.3. The number of nitrogen functional groups attached to an aromatic ring is 1. The Labute approximate surface area is 259 Å². The van der Waals surface area contributed by atoms with Crippen molar-refractivity contribution in [2.75, 3.05) is 31.9 Å². The molecule has 1 unspecified atom stereocenters. The van der Waals surface area contributed by atoms with Crippen LogP contribution >= 0.6 is 7.60 Å². The third-order valence-electron chi connectivity index (χ3n) is 7.89. The largest absolute Gasteiger partial charge is 0.382 e. The van der Waals surface area contributed by atoms with Crippen molar-refractivity contribution in [1.82, 2.24) is 19.5 Å². The van der Waals surface area contributed by atoms with E-state index in [1.807, 2.05) is 11.5 Å². The Kier molecular flexibility index (Phi) is 17.7. The number of ether oxygens (including phenoxy) is 2. The summed E-state index contributed by atoms with van der Waals surface area (Å²) in [6, 6.07) is 0. The number of unbranched alkanes of at least 4 members (excludes halogenated alkanes) is 15. The lowest BCUT2D eigenvalue weighted by Gasteiger charge is -2.21. The van der Waals surface area contributed by atoms with Gasteiger partial charge in [0.2, 0.25) is 0 Å². The molecule has 0 bridgehead atoms. The van der Waals surface area contributed by atoms with Crippen molar-refractivity contribution in [2.24, 2.45) is 0 Å². The predicted octanol–water partition coefficient (Wildman–Crippen LogP) is 8.44. The van der Waals surface area contributed by atoms with Crippen LogP contribution in [0.25, 0.3) is 11.2 Å². The quantitative estimate of drug-likeness (QED) is 0.0734. The number of imidazole rings is 1. The van der Waals surface area contributed by atoms with E-state index in [2.05, 4.69) is 21.9 Å². The van der Waals surface area contributed by atoms with Crippen molar-refractivity contribution in [1.29, 1.82) is 0 Å². The molecule has 1 aliphatic carbocycles. The topological polar surface area (TPSA) is 124 Å². The molecule has 1 aliphatic rings. The predicted molar refractivity (Wildman–Crippen MR) is 173 cm³/mol. The highest BCUT2D eigenvalue weighted by atomic mass is 31.2. The lowest BCUT2D eigenvalue weighted by atomic mass is 10.0. The first-order valence-corrected chi connectivity index (χ1v) is 18.8. The minimum Gasteiger partial charge on any atom is -0.382 e. The molecule has 0 saturated heterocycles. The van der Waals surface area contributed by atoms with Crippen LogP contribution in [0.2, 0.25) is 0 Å². The monoisotopic (exact) mass is 623 g/mol. The van der Waals surface area contributed by atoms with Crippen molar-refractivity contribution in [3.8, 4) is 0 Å². The Bertz CT molecular complexity index is 1050. The molecule has 3 rings (SSSR count). The van der Waals surface area contributed by atoms with Gasteiger partial charge in [-0.1, -0.05) is 103 Å². The first kappa shape index (κ1) is 35.9. The van der Waals surface area contributed by atoms with Gasteiger partial charge in [-0.25, -0.2) is 15.0 Å². The van der Waals surface area contributed by atoms with Gasteiger partial charge in [-0.2, -0.15) is 0 Å². The Morgan fingerprint density at radius 3 is 2.07 bits per heavy atom. The molecule has 2 heterocycles. The minimum absolute atomic E-state index is 0.00645. The van der Waals surface area contributed by atoms with E-state index < -0.39 is 7.60 Å². The molecule has 246 valence electrons. The molecule has 2 N–H and O–H groups in total. The summed E-state index contributed by atoms with van der Waals surface area (Å²) in [5, 5.41) is 0. The highest BCUT2D eigenvalue weighted by Gasteiger charge is 2.35. The van der Waals surface area contributed by atoms with Gasteiger partial charge in [-0.05, 0) is 26.2 Å². The van der Waals surface area contributed by atoms with Crippen LogP contribution in [0.1, 0.15) is 129 Å². The summed E-state index contributed by atoms with van der Waals surface area (Å²) >= 11 is 0. The number of nitrogens with zero attached hydrogens (tertiary/aromatic N) is 4. The summed E-state index contributed by atoms with van der Waals surface area (Å²) in [4.78, 5) is 12.5. The van der Waals surface area contributed by atoms with E-state index in [9.17, 15) is 4.57 Å². The number of fused-ring (bicyclic) bond motifs is 1. The highest BCUT2D eigenvalue weighted by molar-refractivity contribution is 7.53. The molecular formula is C32H58N5O5P. The molecule has 0 amide bonds. The number of hydrogen-bond donors (Lipinski definition) is 1. The molecule has 0 aliphatic heterocycles. The number of aromatic nitrogens is 4. The summed E-state index contributed by atoms with van der Waals surface area (Å²) in [5.74, 6) is 0.338. The fourth-order valence-corrected chi connectivity index (χ4v) is 6.82. The lowest BCUT2D eigenvalue weighted by Crippen LogP contribution is -2.19. The summed E-state index contributed by atoms with van der Waals surface area (Å²) in [7, 11) is -3.38. The first-order chi connectivity index (χ1) is 21.0. The van der Waals surface area contributed by atoms with E-state index in [-0.39, 0.29) is 25.2 Å². The summed E-state index contributed by atoms with van der Waals surface area (Å²) in [6.45, 7) is 5.98. The molecule has 10 nitrogen and oxygen atoms in total. The van der Waals surface area contributed by atoms with Gasteiger partial charge in [0, 0.05) is 6.61 Å². The van der Waals surface area contributed by atoms with E-state index in [1.165, 1.54) is 103 Å². The van der Waals surface area contributed by atoms with Crippen LogP contribution in [0.4, 0.5) is 5.82 Å². The van der Waals surface area contributed by atoms with Gasteiger partial charge < -0.3 is 28.8 Å². The van der Waals surface area contributed by atoms with E-state index >= 15 is 0 Å². The SMILES string of the molecule is CCCCCCCCCCCCCCCCCCOCCOP(=O)(CO[C@H](C)Cn1cnc2c(N)ncnc21)OC1CC1. The number of hydrogen-bond acceptors (Lipinski definition) is 9. The zero-order chi connectivity index (χ0) is 30.6. The smallest absolute Gasteiger partial charge is 0.356 e. The van der Waals surface area contributed by atoms with Crippen LogP contribution in [0.15, 0.2) is 12.7 Å². The Morgan fingerprint density at radius 2 is 1.47 bits per heavy atom. The maximum Gasteiger partial charge on any atom is 0.356 e. The molecule has 2 aromatic heterocycles. The number of rotatable bonds is 28. The molecule has 11 heteroatoms. The fraction of sp³-hybridized carbons (Fsp3) is 0.844. The van der Waals surface area contributed by atoms with Gasteiger partial charge in [0.05, 0.1) is 38.3 Å². The molecule has 0 aromatic carbocycles. The molecule has 1 fully saturated rings. The lowest BCUT2D eigenvalue weighted by molar-refractivity contribution is 0.0529. The fourth-order valence-electron chi connectivity index (χ4n) is 5.17.